The summed E-state index contributed by atoms with van der Waals surface area (Å²) in [5, 5.41) is 2.42. The molecule has 0 aliphatic carbocycles. The van der Waals surface area contributed by atoms with Gasteiger partial charge in [0.05, 0.1) is 14.2 Å². The molecule has 0 saturated carbocycles. The lowest BCUT2D eigenvalue weighted by atomic mass is 10.2. The van der Waals surface area contributed by atoms with Crippen LogP contribution >= 0.6 is 0 Å². The molecule has 0 heterocycles. The van der Waals surface area contributed by atoms with Crippen LogP contribution in [-0.2, 0) is 47.7 Å². The molecule has 0 aromatic rings. The molecule has 0 rings (SSSR count). The molecule has 0 spiro atoms. The van der Waals surface area contributed by atoms with E-state index in [0.717, 1.165) is 38.5 Å². The third-order valence-corrected chi connectivity index (χ3v) is 2.79. The van der Waals surface area contributed by atoms with Gasteiger partial charge in [-0.25, -0.2) is 19.2 Å². The van der Waals surface area contributed by atoms with Crippen molar-refractivity contribution in [1.82, 2.24) is 5.32 Å². The van der Waals surface area contributed by atoms with Gasteiger partial charge in [0.2, 0.25) is 0 Å². The number of rotatable bonds is 12. The molecule has 0 fully saturated rings. The molecule has 28 heavy (non-hydrogen) atoms. The van der Waals surface area contributed by atoms with Crippen LogP contribution in [0.5, 0.6) is 0 Å². The maximum Gasteiger partial charge on any atom is 0.331 e. The molecule has 11 heteroatoms. The van der Waals surface area contributed by atoms with Crippen LogP contribution in [0.25, 0.3) is 0 Å². The van der Waals surface area contributed by atoms with Crippen molar-refractivity contribution in [2.75, 3.05) is 34.0 Å². The Hall–Kier alpha value is -3.50. The number of Topliss-reactive ketones (excluding diaryl/α,β-unsaturated/α-hetero) is 1. The summed E-state index contributed by atoms with van der Waals surface area (Å²) >= 11 is 0. The second-order valence-electron chi connectivity index (χ2n) is 4.92. The number of nitrogens with one attached hydrogen (secondary N) is 1. The van der Waals surface area contributed by atoms with E-state index in [1.807, 2.05) is 0 Å². The largest absolute Gasteiger partial charge is 0.466 e. The quantitative estimate of drug-likeness (QED) is 0.187. The molecule has 1 N–H and O–H groups in total. The van der Waals surface area contributed by atoms with Crippen LogP contribution in [0.3, 0.4) is 0 Å². The van der Waals surface area contributed by atoms with Crippen LogP contribution < -0.4 is 5.32 Å². The van der Waals surface area contributed by atoms with Gasteiger partial charge in [0.25, 0.3) is 5.91 Å². The van der Waals surface area contributed by atoms with Gasteiger partial charge in [-0.2, -0.15) is 0 Å². The van der Waals surface area contributed by atoms with E-state index < -0.39 is 43.0 Å². The van der Waals surface area contributed by atoms with Gasteiger partial charge in [0.15, 0.2) is 12.4 Å². The normalized spacial score (nSPS) is 10.4. The zero-order valence-corrected chi connectivity index (χ0v) is 15.4. The first-order valence-electron chi connectivity index (χ1n) is 7.92. The van der Waals surface area contributed by atoms with E-state index in [2.05, 4.69) is 24.3 Å². The summed E-state index contributed by atoms with van der Waals surface area (Å²) in [6.07, 6.45) is 3.68. The first kappa shape index (κ1) is 24.5. The van der Waals surface area contributed by atoms with E-state index >= 15 is 0 Å². The summed E-state index contributed by atoms with van der Waals surface area (Å²) in [5.41, 5.74) is 0. The second kappa shape index (κ2) is 14.6. The lowest BCUT2D eigenvalue weighted by Crippen LogP contribution is -2.29. The summed E-state index contributed by atoms with van der Waals surface area (Å²) in [6.45, 7) is -0.888. The molecule has 0 aliphatic heterocycles. The first-order valence-corrected chi connectivity index (χ1v) is 7.92. The fourth-order valence-corrected chi connectivity index (χ4v) is 1.43. The van der Waals surface area contributed by atoms with Gasteiger partial charge < -0.3 is 24.3 Å². The number of amides is 1. The van der Waals surface area contributed by atoms with Crippen LogP contribution in [0.1, 0.15) is 12.8 Å². The van der Waals surface area contributed by atoms with E-state index in [1.165, 1.54) is 0 Å². The van der Waals surface area contributed by atoms with Gasteiger partial charge in [-0.05, 0) is 6.42 Å². The maximum atomic E-state index is 11.5. The molecule has 0 bridgehead atoms. The van der Waals surface area contributed by atoms with Crippen LogP contribution in [-0.4, -0.2) is 69.5 Å². The fraction of sp³-hybridized carbons (Fsp3) is 0.412. The highest BCUT2D eigenvalue weighted by atomic mass is 16.5. The summed E-state index contributed by atoms with van der Waals surface area (Å²) in [5.74, 6) is -4.20. The molecular weight excluding hydrogens is 378 g/mol. The average molecular weight is 399 g/mol. The first-order chi connectivity index (χ1) is 13.3. The van der Waals surface area contributed by atoms with Crippen LogP contribution in [0.2, 0.25) is 0 Å². The number of hydrogen-bond donors (Lipinski definition) is 1. The lowest BCUT2D eigenvalue weighted by Gasteiger charge is -2.05. The minimum absolute atomic E-state index is 0.0376. The topological polar surface area (TPSA) is 151 Å². The fourth-order valence-electron chi connectivity index (χ4n) is 1.43. The van der Waals surface area contributed by atoms with Crippen molar-refractivity contribution < 1.29 is 47.7 Å². The molecule has 0 atom stereocenters. The molecule has 0 saturated heterocycles. The lowest BCUT2D eigenvalue weighted by molar-refractivity contribution is -0.144. The SMILES string of the molecule is COC(=O)/C=C/C(=O)OCC(=O)CCCNC(=O)COC(=O)/C=C/C(=O)OC. The van der Waals surface area contributed by atoms with Gasteiger partial charge in [0.1, 0.15) is 6.61 Å². The highest BCUT2D eigenvalue weighted by Crippen LogP contribution is 1.93. The number of carbonyl (C=O) groups is 6. The van der Waals surface area contributed by atoms with Crippen molar-refractivity contribution in [3.8, 4) is 0 Å². The Bertz CT molecular complexity index is 594. The standard InChI is InChI=1S/C17H21NO10/c1-25-14(21)5-7-16(23)27-10-12(19)4-3-9-18-13(20)11-28-17(24)8-6-15(22)26-2/h5-8H,3-4,9-11H2,1-2H3,(H,18,20)/b7-5+,8-6+. The number of carbonyl (C=O) groups excluding carboxylic acids is 6. The van der Waals surface area contributed by atoms with Crippen LogP contribution in [0.15, 0.2) is 24.3 Å². The number of hydrogen-bond acceptors (Lipinski definition) is 10. The highest BCUT2D eigenvalue weighted by molar-refractivity contribution is 5.93. The maximum absolute atomic E-state index is 11.5. The van der Waals surface area contributed by atoms with E-state index in [-0.39, 0.29) is 25.2 Å². The molecule has 0 aromatic heterocycles. The Kier molecular flexibility index (Phi) is 12.8. The van der Waals surface area contributed by atoms with Crippen molar-refractivity contribution in [2.45, 2.75) is 12.8 Å². The van der Waals surface area contributed by atoms with Gasteiger partial charge in [-0.15, -0.1) is 0 Å². The van der Waals surface area contributed by atoms with Crippen molar-refractivity contribution in [2.24, 2.45) is 0 Å². The summed E-state index contributed by atoms with van der Waals surface area (Å²) in [7, 11) is 2.29. The number of ketones is 1. The molecular formula is C17H21NO10. The minimum atomic E-state index is -0.890. The molecule has 0 radical (unpaired) electrons. The van der Waals surface area contributed by atoms with Gasteiger partial charge in [-0.1, -0.05) is 0 Å². The molecule has 154 valence electrons. The summed E-state index contributed by atoms with van der Waals surface area (Å²) in [4.78, 5) is 66.9. The average Bonchev–Trinajstić information content (AvgIpc) is 2.69. The zero-order chi connectivity index (χ0) is 21.4. The highest BCUT2D eigenvalue weighted by Gasteiger charge is 2.08. The molecule has 1 amide bonds. The number of esters is 4. The Balaban J connectivity index is 3.85. The predicted octanol–water partition coefficient (Wildman–Crippen LogP) is -1.00. The third-order valence-electron chi connectivity index (χ3n) is 2.79. The Labute approximate surface area is 160 Å². The predicted molar refractivity (Wildman–Crippen MR) is 91.5 cm³/mol. The summed E-state index contributed by atoms with van der Waals surface area (Å²) in [6, 6.07) is 0. The van der Waals surface area contributed by atoms with Gasteiger partial charge in [0, 0.05) is 37.3 Å². The minimum Gasteiger partial charge on any atom is -0.466 e. The molecule has 0 unspecified atom stereocenters. The van der Waals surface area contributed by atoms with Crippen molar-refractivity contribution in [1.29, 1.82) is 0 Å². The Morgan fingerprint density at radius 3 is 1.68 bits per heavy atom. The van der Waals surface area contributed by atoms with E-state index in [9.17, 15) is 28.8 Å². The monoisotopic (exact) mass is 399 g/mol. The van der Waals surface area contributed by atoms with Crippen LogP contribution in [0.4, 0.5) is 0 Å². The van der Waals surface area contributed by atoms with E-state index in [4.69, 9.17) is 0 Å². The molecule has 0 aromatic carbocycles. The van der Waals surface area contributed by atoms with E-state index in [1.54, 1.807) is 0 Å². The molecule has 11 nitrogen and oxygen atoms in total. The zero-order valence-electron chi connectivity index (χ0n) is 15.4. The van der Waals surface area contributed by atoms with E-state index in [0.29, 0.717) is 0 Å². The Morgan fingerprint density at radius 2 is 1.18 bits per heavy atom. The Morgan fingerprint density at radius 1 is 0.714 bits per heavy atom. The van der Waals surface area contributed by atoms with Crippen LogP contribution in [0, 0.1) is 0 Å². The third kappa shape index (κ3) is 13.8. The second-order valence-corrected chi connectivity index (χ2v) is 4.92. The van der Waals surface area contributed by atoms with Crippen molar-refractivity contribution >= 4 is 35.6 Å². The molecule has 0 aliphatic rings. The van der Waals surface area contributed by atoms with Crippen molar-refractivity contribution in [3.63, 3.8) is 0 Å². The number of methoxy groups -OCH3 is 2. The summed E-state index contributed by atoms with van der Waals surface area (Å²) < 4.78 is 17.8. The van der Waals surface area contributed by atoms with Crippen molar-refractivity contribution in [3.05, 3.63) is 24.3 Å². The number of ether oxygens (including phenoxy) is 4. The van der Waals surface area contributed by atoms with Gasteiger partial charge in [-0.3, -0.25) is 9.59 Å². The smallest absolute Gasteiger partial charge is 0.331 e. The van der Waals surface area contributed by atoms with Gasteiger partial charge >= 0.3 is 23.9 Å².